The molecule has 8 rings (SSSR count). The Hall–Kier alpha value is -3.13. The van der Waals surface area contributed by atoms with Crippen LogP contribution in [0.4, 0.5) is 5.69 Å². The number of thioether (sulfide) groups is 1. The Balaban J connectivity index is 1.23. The second-order valence-electron chi connectivity index (χ2n) is 11.8. The molecule has 7 atom stereocenters. The molecule has 3 aromatic carbocycles. The van der Waals surface area contributed by atoms with E-state index >= 15 is 0 Å². The van der Waals surface area contributed by atoms with Gasteiger partial charge in [0.25, 0.3) is 0 Å². The Kier molecular flexibility index (Phi) is 5.89. The average Bonchev–Trinajstić information content (AvgIpc) is 3.69. The molecule has 2 bridgehead atoms. The number of hydrogen-bond acceptors (Lipinski definition) is 5. The predicted octanol–water partition coefficient (Wildman–Crippen LogP) is 6.60. The van der Waals surface area contributed by atoms with Crippen molar-refractivity contribution in [2.24, 2.45) is 29.6 Å². The smallest absolute Gasteiger partial charge is 0.289 e. The van der Waals surface area contributed by atoms with Gasteiger partial charge in [0.1, 0.15) is 0 Å². The summed E-state index contributed by atoms with van der Waals surface area (Å²) in [6.45, 7) is 2.52. The molecule has 5 nitrogen and oxygen atoms in total. The summed E-state index contributed by atoms with van der Waals surface area (Å²) in [5.41, 5.74) is 3.96. The molecular formula is C33H27ClN2O3S2. The lowest BCUT2D eigenvalue weighted by Gasteiger charge is -2.43. The van der Waals surface area contributed by atoms with E-state index in [0.29, 0.717) is 17.3 Å². The molecule has 0 N–H and O–H groups in total. The van der Waals surface area contributed by atoms with Gasteiger partial charge >= 0.3 is 4.87 Å². The summed E-state index contributed by atoms with van der Waals surface area (Å²) < 4.78 is 1.92. The van der Waals surface area contributed by atoms with E-state index in [2.05, 4.69) is 12.1 Å². The lowest BCUT2D eigenvalue weighted by molar-refractivity contribution is -0.123. The molecule has 41 heavy (non-hydrogen) atoms. The van der Waals surface area contributed by atoms with Crippen LogP contribution < -0.4 is 9.77 Å². The number of halogens is 1. The van der Waals surface area contributed by atoms with Crippen LogP contribution >= 0.6 is 34.7 Å². The number of anilines is 1. The molecular weight excluding hydrogens is 572 g/mol. The Bertz CT molecular complexity index is 1750. The van der Waals surface area contributed by atoms with E-state index in [1.54, 1.807) is 11.8 Å². The van der Waals surface area contributed by atoms with Gasteiger partial charge in [0.15, 0.2) is 0 Å². The van der Waals surface area contributed by atoms with Gasteiger partial charge in [-0.1, -0.05) is 83.1 Å². The highest BCUT2D eigenvalue weighted by Crippen LogP contribution is 2.69. The number of fused-ring (bicyclic) bond motifs is 9. The van der Waals surface area contributed by atoms with E-state index < -0.39 is 0 Å². The van der Waals surface area contributed by atoms with Gasteiger partial charge in [-0.25, -0.2) is 0 Å². The average molecular weight is 599 g/mol. The summed E-state index contributed by atoms with van der Waals surface area (Å²) in [6, 6.07) is 25.7. The zero-order valence-electron chi connectivity index (χ0n) is 22.3. The predicted molar refractivity (Wildman–Crippen MR) is 163 cm³/mol. The third-order valence-electron chi connectivity index (χ3n) is 9.65. The number of carbonyl (C=O) groups excluding carboxylic acids is 2. The Morgan fingerprint density at radius 3 is 2.24 bits per heavy atom. The van der Waals surface area contributed by atoms with Crippen molar-refractivity contribution in [2.75, 3.05) is 4.90 Å². The maximum Gasteiger partial charge on any atom is 0.308 e. The van der Waals surface area contributed by atoms with Crippen LogP contribution in [0.2, 0.25) is 5.02 Å². The summed E-state index contributed by atoms with van der Waals surface area (Å²) in [6.07, 6.45) is 0.874. The second-order valence-corrected chi connectivity index (χ2v) is 14.4. The van der Waals surface area contributed by atoms with Crippen molar-refractivity contribution >= 4 is 52.2 Å². The molecule has 0 unspecified atom stereocenters. The molecule has 1 saturated heterocycles. The highest BCUT2D eigenvalue weighted by atomic mass is 35.5. The zero-order chi connectivity index (χ0) is 28.0. The van der Waals surface area contributed by atoms with E-state index in [4.69, 9.17) is 11.6 Å². The van der Waals surface area contributed by atoms with Gasteiger partial charge in [0.05, 0.1) is 29.1 Å². The standard InChI is InChI=1S/C33H27ClN2O3S2/c1-17-7-13-21(14-8-17)36-30(37)26-22-15-23(27(26)31(36)38)28-25(22)24(19-9-11-20(34)12-10-19)29-32(40-28)35(33(39)41-29)16-18-5-3-2-4-6-18/h2-14,22-28H,15-16H2,1H3/t22-,23+,24+,25+,26+,27+,28-/m1/s1. The van der Waals surface area contributed by atoms with E-state index in [-0.39, 0.29) is 57.4 Å². The van der Waals surface area contributed by atoms with Gasteiger partial charge in [0, 0.05) is 21.1 Å². The maximum atomic E-state index is 14.0. The fourth-order valence-corrected chi connectivity index (χ4v) is 11.3. The summed E-state index contributed by atoms with van der Waals surface area (Å²) in [5.74, 6) is -0.407. The Labute approximate surface area is 251 Å². The minimum atomic E-state index is -0.310. The summed E-state index contributed by atoms with van der Waals surface area (Å²) in [4.78, 5) is 44.0. The van der Waals surface area contributed by atoms with Gasteiger partial charge in [-0.2, -0.15) is 0 Å². The first-order chi connectivity index (χ1) is 19.9. The molecule has 2 aliphatic carbocycles. The van der Waals surface area contributed by atoms with Gasteiger partial charge < -0.3 is 0 Å². The molecule has 2 aliphatic heterocycles. The van der Waals surface area contributed by atoms with Gasteiger partial charge in [-0.15, -0.1) is 11.8 Å². The van der Waals surface area contributed by atoms with Crippen molar-refractivity contribution in [1.82, 2.24) is 4.57 Å². The molecule has 2 saturated carbocycles. The Morgan fingerprint density at radius 2 is 1.54 bits per heavy atom. The fraction of sp³-hybridized carbons (Fsp3) is 0.303. The topological polar surface area (TPSA) is 59.4 Å². The van der Waals surface area contributed by atoms with Crippen LogP contribution in [0, 0.1) is 36.5 Å². The van der Waals surface area contributed by atoms with Crippen molar-refractivity contribution in [3.05, 3.63) is 115 Å². The fourth-order valence-electron chi connectivity index (χ4n) is 8.01. The number of nitrogens with zero attached hydrogens (tertiary/aromatic N) is 2. The number of rotatable bonds is 4. The largest absolute Gasteiger partial charge is 0.308 e. The first kappa shape index (κ1) is 25.6. The van der Waals surface area contributed by atoms with Crippen LogP contribution in [-0.4, -0.2) is 21.6 Å². The first-order valence-corrected chi connectivity index (χ1v) is 16.1. The lowest BCUT2D eigenvalue weighted by atomic mass is 9.68. The van der Waals surface area contributed by atoms with Crippen molar-refractivity contribution in [3.8, 4) is 0 Å². The number of carbonyl (C=O) groups is 2. The Morgan fingerprint density at radius 1 is 0.854 bits per heavy atom. The molecule has 4 aliphatic rings. The van der Waals surface area contributed by atoms with Crippen molar-refractivity contribution in [3.63, 3.8) is 0 Å². The van der Waals surface area contributed by atoms with E-state index in [1.807, 2.05) is 78.2 Å². The summed E-state index contributed by atoms with van der Waals surface area (Å²) in [7, 11) is 0. The molecule has 4 aromatic rings. The van der Waals surface area contributed by atoms with E-state index in [9.17, 15) is 14.4 Å². The molecule has 8 heteroatoms. The number of aromatic nitrogens is 1. The number of hydrogen-bond donors (Lipinski definition) is 0. The van der Waals surface area contributed by atoms with Crippen LogP contribution in [0.3, 0.4) is 0 Å². The number of thiazole rings is 1. The third-order valence-corrected chi connectivity index (χ3v) is 12.7. The molecule has 0 spiro atoms. The molecule has 3 heterocycles. The quantitative estimate of drug-likeness (QED) is 0.248. The molecule has 0 radical (unpaired) electrons. The summed E-state index contributed by atoms with van der Waals surface area (Å²) in [5, 5.41) is 1.84. The third kappa shape index (κ3) is 3.78. The van der Waals surface area contributed by atoms with Crippen molar-refractivity contribution < 1.29 is 9.59 Å². The summed E-state index contributed by atoms with van der Waals surface area (Å²) >= 11 is 9.41. The van der Waals surface area contributed by atoms with Gasteiger partial charge in [-0.3, -0.25) is 23.9 Å². The van der Waals surface area contributed by atoms with Crippen LogP contribution in [0.1, 0.15) is 33.9 Å². The second kappa shape index (κ2) is 9.45. The normalized spacial score (nSPS) is 29.5. The highest BCUT2D eigenvalue weighted by molar-refractivity contribution is 8.00. The number of benzene rings is 3. The van der Waals surface area contributed by atoms with Crippen LogP contribution in [0.5, 0.6) is 0 Å². The van der Waals surface area contributed by atoms with E-state index in [1.165, 1.54) is 16.2 Å². The minimum absolute atomic E-state index is 0.0180. The monoisotopic (exact) mass is 598 g/mol. The highest BCUT2D eigenvalue weighted by Gasteiger charge is 2.69. The molecule has 3 fully saturated rings. The molecule has 206 valence electrons. The van der Waals surface area contributed by atoms with E-state index in [0.717, 1.165) is 33.0 Å². The SMILES string of the molecule is Cc1ccc(N2C(=O)[C@H]3[C@@H]4C[C@@H]([C@@H]3C2=O)[C@H]2[C@H](c3ccc(Cl)cc3)c3sc(=O)n(Cc5ccccc5)c3S[C@H]42)cc1. The number of imide groups is 1. The lowest BCUT2D eigenvalue weighted by Crippen LogP contribution is -2.43. The van der Waals surface area contributed by atoms with Gasteiger partial charge in [-0.05, 0) is 66.5 Å². The van der Waals surface area contributed by atoms with Crippen molar-refractivity contribution in [1.29, 1.82) is 0 Å². The van der Waals surface area contributed by atoms with Crippen LogP contribution in [-0.2, 0) is 16.1 Å². The number of amides is 2. The van der Waals surface area contributed by atoms with Gasteiger partial charge in [0.2, 0.25) is 11.8 Å². The van der Waals surface area contributed by atoms with Crippen molar-refractivity contribution in [2.45, 2.75) is 36.1 Å². The first-order valence-electron chi connectivity index (χ1n) is 14.0. The van der Waals surface area contributed by atoms with Crippen LogP contribution in [0.15, 0.2) is 88.7 Å². The molecule has 2 amide bonds. The van der Waals surface area contributed by atoms with Crippen LogP contribution in [0.25, 0.3) is 0 Å². The maximum absolute atomic E-state index is 14.0. The number of aryl methyl sites for hydroxylation is 1. The minimum Gasteiger partial charge on any atom is -0.289 e. The molecule has 1 aromatic heterocycles. The zero-order valence-corrected chi connectivity index (χ0v) is 24.7.